The summed E-state index contributed by atoms with van der Waals surface area (Å²) in [5.74, 6) is -5.86. The molecule has 12 heteroatoms. The van der Waals surface area contributed by atoms with Gasteiger partial charge in [-0.15, -0.1) is 0 Å². The average Bonchev–Trinajstić information content (AvgIpc) is 2.84. The number of aromatic nitrogens is 2. The minimum Gasteiger partial charge on any atom is -0.423 e. The first-order valence-electron chi connectivity index (χ1n) is 7.21. The Bertz CT molecular complexity index is 1080. The second-order valence-electron chi connectivity index (χ2n) is 5.91. The predicted molar refractivity (Wildman–Crippen MR) is 85.1 cm³/mol. The molecule has 0 aromatic carbocycles. The van der Waals surface area contributed by atoms with Crippen LogP contribution in [0, 0.1) is 17.6 Å². The lowest BCUT2D eigenvalue weighted by Gasteiger charge is -2.27. The molecule has 2 N–H and O–H groups in total. The van der Waals surface area contributed by atoms with Crippen molar-refractivity contribution in [1.29, 1.82) is 0 Å². The van der Waals surface area contributed by atoms with Gasteiger partial charge in [0.1, 0.15) is 10.6 Å². The average molecular weight is 390 g/mol. The molecule has 0 saturated heterocycles. The minimum absolute atomic E-state index is 0.0669. The highest BCUT2D eigenvalue weighted by molar-refractivity contribution is 7.91. The molecule has 138 valence electrons. The van der Waals surface area contributed by atoms with E-state index >= 15 is 0 Å². The van der Waals surface area contributed by atoms with Crippen LogP contribution in [0.25, 0.3) is 11.0 Å². The highest BCUT2D eigenvalue weighted by atomic mass is 32.2. The number of halogens is 4. The molecule has 26 heavy (non-hydrogen) atoms. The number of hydrogen-bond acceptors (Lipinski definition) is 5. The first-order chi connectivity index (χ1) is 12.0. The van der Waals surface area contributed by atoms with Crippen LogP contribution in [0.15, 0.2) is 30.3 Å². The lowest BCUT2D eigenvalue weighted by molar-refractivity contribution is 0.422. The topological polar surface area (TPSA) is 92.4 Å². The molecule has 0 radical (unpaired) electrons. The number of rotatable bonds is 3. The number of nitrogens with zero attached hydrogens (tertiary/aromatic N) is 2. The first kappa shape index (κ1) is 18.6. The Balaban J connectivity index is 2.42. The molecule has 1 unspecified atom stereocenters. The summed E-state index contributed by atoms with van der Waals surface area (Å²) in [6, 6.07) is 0. The van der Waals surface area contributed by atoms with Gasteiger partial charge < -0.3 is 10.0 Å². The van der Waals surface area contributed by atoms with Crippen LogP contribution in [0.4, 0.5) is 17.6 Å². The van der Waals surface area contributed by atoms with Gasteiger partial charge in [0.2, 0.25) is 5.95 Å². The van der Waals surface area contributed by atoms with Crippen LogP contribution in [0.1, 0.15) is 13.3 Å². The zero-order chi connectivity index (χ0) is 19.4. The molecule has 6 nitrogen and oxygen atoms in total. The molecule has 2 aromatic rings. The van der Waals surface area contributed by atoms with E-state index in [0.29, 0.717) is 6.20 Å². The van der Waals surface area contributed by atoms with E-state index in [4.69, 9.17) is 0 Å². The Kier molecular flexibility index (Phi) is 4.24. The van der Waals surface area contributed by atoms with E-state index in [2.05, 4.69) is 4.98 Å². The summed E-state index contributed by atoms with van der Waals surface area (Å²) in [5, 5.41) is 17.6. The molecule has 0 aliphatic heterocycles. The van der Waals surface area contributed by atoms with Crippen molar-refractivity contribution in [3.63, 3.8) is 0 Å². The van der Waals surface area contributed by atoms with Gasteiger partial charge in [-0.2, -0.15) is 8.36 Å². The highest BCUT2D eigenvalue weighted by Gasteiger charge is 2.44. The number of allylic oxidation sites excluding steroid dienone is 3. The molecule has 2 heterocycles. The molecule has 1 aliphatic carbocycles. The third-order valence-corrected chi connectivity index (χ3v) is 6.42. The summed E-state index contributed by atoms with van der Waals surface area (Å²) in [5.41, 5.74) is -2.07. The molecule has 0 saturated carbocycles. The quantitative estimate of drug-likeness (QED) is 0.600. The molecule has 1 aliphatic rings. The fourth-order valence-corrected chi connectivity index (χ4v) is 4.46. The van der Waals surface area contributed by atoms with Gasteiger partial charge in [-0.25, -0.2) is 26.6 Å². The molecule has 0 fully saturated rings. The third kappa shape index (κ3) is 2.48. The molecular formula is C14H11BF4N2O4S. The monoisotopic (exact) mass is 390 g/mol. The van der Waals surface area contributed by atoms with E-state index < -0.39 is 61.8 Å². The second kappa shape index (κ2) is 5.93. The van der Waals surface area contributed by atoms with Crippen molar-refractivity contribution in [1.82, 2.24) is 8.96 Å². The summed E-state index contributed by atoms with van der Waals surface area (Å²) in [6.07, 6.45) is 3.07. The van der Waals surface area contributed by atoms with Gasteiger partial charge in [0, 0.05) is 0 Å². The maximum Gasteiger partial charge on any atom is 0.493 e. The minimum atomic E-state index is -4.79. The molecule has 3 rings (SSSR count). The van der Waals surface area contributed by atoms with Gasteiger partial charge in [-0.1, -0.05) is 6.08 Å². The summed E-state index contributed by atoms with van der Waals surface area (Å²) in [6.45, 7) is 1.10. The van der Waals surface area contributed by atoms with Crippen molar-refractivity contribution in [2.24, 2.45) is 0 Å². The Labute approximate surface area is 145 Å². The van der Waals surface area contributed by atoms with Crippen LogP contribution in [0.3, 0.4) is 0 Å². The molecule has 2 aromatic heterocycles. The van der Waals surface area contributed by atoms with Crippen molar-refractivity contribution in [2.75, 3.05) is 0 Å². The van der Waals surface area contributed by atoms with E-state index in [0.717, 1.165) is 19.1 Å². The molecule has 0 amide bonds. The zero-order valence-electron chi connectivity index (χ0n) is 13.1. The van der Waals surface area contributed by atoms with Gasteiger partial charge in [0.05, 0.1) is 17.0 Å². The standard InChI is InChI=1S/C14H11BF4N2O4S/c1-14(4-2-3-7(16)5-14)26(24,25)21-12(19)10(15(22)23)9-11(18)8(17)6-20-13(9)21/h2-3,5-6,22-23H,4H2,1H3. The summed E-state index contributed by atoms with van der Waals surface area (Å²) in [4.78, 5) is 3.39. The largest absolute Gasteiger partial charge is 0.493 e. The maximum absolute atomic E-state index is 14.8. The van der Waals surface area contributed by atoms with E-state index in [9.17, 15) is 36.0 Å². The van der Waals surface area contributed by atoms with Gasteiger partial charge in [-0.3, -0.25) is 0 Å². The fraction of sp³-hybridized carbons (Fsp3) is 0.214. The summed E-state index contributed by atoms with van der Waals surface area (Å²) >= 11 is 0. The Hall–Kier alpha value is -2.18. The van der Waals surface area contributed by atoms with Gasteiger partial charge >= 0.3 is 7.12 Å². The smallest absolute Gasteiger partial charge is 0.423 e. The van der Waals surface area contributed by atoms with Gasteiger partial charge in [-0.05, 0) is 25.5 Å². The SMILES string of the molecule is CC1(S(=O)(=O)n2c(F)c(B(O)O)c3c(F)c(F)cnc32)C=C(F)C=CC1. The fourth-order valence-electron chi connectivity index (χ4n) is 2.80. The highest BCUT2D eigenvalue weighted by Crippen LogP contribution is 2.34. The summed E-state index contributed by atoms with van der Waals surface area (Å²) < 4.78 is 79.9. The van der Waals surface area contributed by atoms with Crippen LogP contribution in [0.5, 0.6) is 0 Å². The normalized spacial score (nSPS) is 20.5. The molecule has 0 bridgehead atoms. The van der Waals surface area contributed by atoms with Crippen molar-refractivity contribution in [2.45, 2.75) is 18.1 Å². The van der Waals surface area contributed by atoms with E-state index in [1.54, 1.807) is 0 Å². The van der Waals surface area contributed by atoms with E-state index in [1.807, 2.05) is 0 Å². The number of hydrogen-bond donors (Lipinski definition) is 2. The van der Waals surface area contributed by atoms with Crippen molar-refractivity contribution >= 4 is 33.6 Å². The van der Waals surface area contributed by atoms with E-state index in [1.165, 1.54) is 6.08 Å². The van der Waals surface area contributed by atoms with Gasteiger partial charge in [0.15, 0.2) is 17.3 Å². The summed E-state index contributed by atoms with van der Waals surface area (Å²) in [7, 11) is -7.43. The molecular weight excluding hydrogens is 379 g/mol. The Morgan fingerprint density at radius 3 is 2.50 bits per heavy atom. The third-order valence-electron chi connectivity index (χ3n) is 4.15. The van der Waals surface area contributed by atoms with Crippen LogP contribution >= 0.6 is 0 Å². The van der Waals surface area contributed by atoms with Crippen molar-refractivity contribution in [3.05, 3.63) is 47.8 Å². The second-order valence-corrected chi connectivity index (χ2v) is 8.16. The number of fused-ring (bicyclic) bond motifs is 1. The van der Waals surface area contributed by atoms with Crippen LogP contribution in [-0.2, 0) is 10.0 Å². The molecule has 1 atom stereocenters. The number of pyridine rings is 1. The first-order valence-corrected chi connectivity index (χ1v) is 8.65. The predicted octanol–water partition coefficient (Wildman–Crippen LogP) is 0.883. The van der Waals surface area contributed by atoms with Crippen LogP contribution in [-0.4, -0.2) is 39.3 Å². The lowest BCUT2D eigenvalue weighted by Crippen LogP contribution is -2.40. The Morgan fingerprint density at radius 1 is 1.27 bits per heavy atom. The van der Waals surface area contributed by atoms with Gasteiger partial charge in [0.25, 0.3) is 10.0 Å². The Morgan fingerprint density at radius 2 is 1.92 bits per heavy atom. The van der Waals surface area contributed by atoms with Crippen molar-refractivity contribution < 1.29 is 36.0 Å². The van der Waals surface area contributed by atoms with Crippen LogP contribution < -0.4 is 5.46 Å². The zero-order valence-corrected chi connectivity index (χ0v) is 13.9. The van der Waals surface area contributed by atoms with Crippen molar-refractivity contribution in [3.8, 4) is 0 Å². The maximum atomic E-state index is 14.8. The lowest BCUT2D eigenvalue weighted by atomic mass is 9.80. The molecule has 0 spiro atoms. The van der Waals surface area contributed by atoms with E-state index in [-0.39, 0.29) is 10.4 Å². The van der Waals surface area contributed by atoms with Crippen LogP contribution in [0.2, 0.25) is 0 Å².